The highest BCUT2D eigenvalue weighted by Gasteiger charge is 2.37. The number of amides is 1. The Kier molecular flexibility index (Phi) is 6.15. The van der Waals surface area contributed by atoms with Gasteiger partial charge < -0.3 is 5.32 Å². The Morgan fingerprint density at radius 1 is 1.10 bits per heavy atom. The molecular formula is C22H25N5O3S. The number of sulfonamides is 1. The molecule has 1 aliphatic rings. The van der Waals surface area contributed by atoms with E-state index in [1.165, 1.54) is 4.31 Å². The molecule has 1 fully saturated rings. The van der Waals surface area contributed by atoms with Gasteiger partial charge in [-0.1, -0.05) is 30.7 Å². The molecule has 0 aliphatic carbocycles. The van der Waals surface area contributed by atoms with Gasteiger partial charge in [0.05, 0.1) is 4.90 Å². The van der Waals surface area contributed by atoms with Crippen molar-refractivity contribution in [1.82, 2.24) is 24.2 Å². The SMILES string of the molecule is Cc1nccn1-c1ncccc1CNC(=O)C1CCCCN1S(=O)(=O)c1ccccc1. The predicted molar refractivity (Wildman–Crippen MR) is 116 cm³/mol. The van der Waals surface area contributed by atoms with Crippen LogP contribution in [-0.2, 0) is 21.4 Å². The minimum absolute atomic E-state index is 0.208. The number of piperidine rings is 1. The molecule has 1 N–H and O–H groups in total. The fourth-order valence-electron chi connectivity index (χ4n) is 3.87. The number of imidazole rings is 1. The lowest BCUT2D eigenvalue weighted by Gasteiger charge is -2.33. The van der Waals surface area contributed by atoms with Crippen molar-refractivity contribution in [1.29, 1.82) is 0 Å². The third kappa shape index (κ3) is 4.38. The Hall–Kier alpha value is -3.04. The van der Waals surface area contributed by atoms with Crippen molar-refractivity contribution in [2.75, 3.05) is 6.54 Å². The van der Waals surface area contributed by atoms with Crippen LogP contribution in [0.3, 0.4) is 0 Å². The summed E-state index contributed by atoms with van der Waals surface area (Å²) in [7, 11) is -3.74. The fourth-order valence-corrected chi connectivity index (χ4v) is 5.55. The van der Waals surface area contributed by atoms with Gasteiger partial charge in [-0.15, -0.1) is 0 Å². The number of benzene rings is 1. The molecule has 3 aromatic rings. The smallest absolute Gasteiger partial charge is 0.243 e. The van der Waals surface area contributed by atoms with Crippen LogP contribution in [0.5, 0.6) is 0 Å². The molecule has 4 rings (SSSR count). The summed E-state index contributed by atoms with van der Waals surface area (Å²) in [5, 5.41) is 2.93. The molecule has 3 heterocycles. The number of nitrogens with one attached hydrogen (secondary N) is 1. The highest BCUT2D eigenvalue weighted by molar-refractivity contribution is 7.89. The summed E-state index contributed by atoms with van der Waals surface area (Å²) < 4.78 is 29.5. The number of hydrogen-bond acceptors (Lipinski definition) is 5. The fraction of sp³-hybridized carbons (Fsp3) is 0.318. The largest absolute Gasteiger partial charge is 0.350 e. The van der Waals surface area contributed by atoms with E-state index in [-0.39, 0.29) is 17.3 Å². The van der Waals surface area contributed by atoms with Crippen molar-refractivity contribution in [3.63, 3.8) is 0 Å². The van der Waals surface area contributed by atoms with Crippen LogP contribution < -0.4 is 5.32 Å². The predicted octanol–water partition coefficient (Wildman–Crippen LogP) is 2.44. The number of pyridine rings is 1. The van der Waals surface area contributed by atoms with Crippen LogP contribution in [0.15, 0.2) is 66.0 Å². The van der Waals surface area contributed by atoms with Crippen molar-refractivity contribution in [2.24, 2.45) is 0 Å². The van der Waals surface area contributed by atoms with Crippen LogP contribution in [0, 0.1) is 6.92 Å². The number of aromatic nitrogens is 3. The monoisotopic (exact) mass is 439 g/mol. The van der Waals surface area contributed by atoms with Crippen LogP contribution in [-0.4, -0.2) is 45.8 Å². The molecule has 0 spiro atoms. The van der Waals surface area contributed by atoms with E-state index in [9.17, 15) is 13.2 Å². The second-order valence-corrected chi connectivity index (χ2v) is 9.38. The van der Waals surface area contributed by atoms with Gasteiger partial charge in [0.15, 0.2) is 0 Å². The lowest BCUT2D eigenvalue weighted by molar-refractivity contribution is -0.125. The molecule has 0 saturated carbocycles. The Labute approximate surface area is 182 Å². The first-order chi connectivity index (χ1) is 15.0. The van der Waals surface area contributed by atoms with Gasteiger partial charge in [0, 0.05) is 37.2 Å². The molecule has 1 saturated heterocycles. The molecular weight excluding hydrogens is 414 g/mol. The number of hydrogen-bond donors (Lipinski definition) is 1. The maximum absolute atomic E-state index is 13.1. The molecule has 1 aromatic carbocycles. The van der Waals surface area contributed by atoms with E-state index in [1.807, 2.05) is 29.8 Å². The Morgan fingerprint density at radius 2 is 1.90 bits per heavy atom. The summed E-state index contributed by atoms with van der Waals surface area (Å²) in [4.78, 5) is 21.9. The van der Waals surface area contributed by atoms with Crippen molar-refractivity contribution in [3.8, 4) is 5.82 Å². The first kappa shape index (κ1) is 21.2. The zero-order chi connectivity index (χ0) is 21.8. The van der Waals surface area contributed by atoms with E-state index < -0.39 is 16.1 Å². The first-order valence-electron chi connectivity index (χ1n) is 10.3. The van der Waals surface area contributed by atoms with Crippen LogP contribution in [0.1, 0.15) is 30.7 Å². The topological polar surface area (TPSA) is 97.2 Å². The molecule has 31 heavy (non-hydrogen) atoms. The molecule has 9 heteroatoms. The van der Waals surface area contributed by atoms with Gasteiger partial charge in [-0.05, 0) is 38.0 Å². The Morgan fingerprint density at radius 3 is 2.65 bits per heavy atom. The van der Waals surface area contributed by atoms with Gasteiger partial charge in [0.2, 0.25) is 15.9 Å². The van der Waals surface area contributed by atoms with Gasteiger partial charge in [-0.25, -0.2) is 18.4 Å². The standard InChI is InChI=1S/C22H25N5O3S/c1-17-23-13-15-26(17)21-18(8-7-12-24-21)16-25-22(28)20-11-5-6-14-27(20)31(29,30)19-9-3-2-4-10-19/h2-4,7-10,12-13,15,20H,5-6,11,14,16H2,1H3,(H,25,28). The number of nitrogens with zero attached hydrogens (tertiary/aromatic N) is 4. The quantitative estimate of drug-likeness (QED) is 0.636. The highest BCUT2D eigenvalue weighted by atomic mass is 32.2. The van der Waals surface area contributed by atoms with E-state index in [4.69, 9.17) is 0 Å². The van der Waals surface area contributed by atoms with Gasteiger partial charge >= 0.3 is 0 Å². The first-order valence-corrected chi connectivity index (χ1v) is 11.7. The van der Waals surface area contributed by atoms with Gasteiger partial charge in [0.25, 0.3) is 0 Å². The van der Waals surface area contributed by atoms with E-state index >= 15 is 0 Å². The third-order valence-corrected chi connectivity index (χ3v) is 7.40. The van der Waals surface area contributed by atoms with Gasteiger partial charge in [0.1, 0.15) is 17.7 Å². The average Bonchev–Trinajstić information content (AvgIpc) is 3.24. The minimum atomic E-state index is -3.74. The summed E-state index contributed by atoms with van der Waals surface area (Å²) >= 11 is 0. The number of carbonyl (C=O) groups is 1. The van der Waals surface area contributed by atoms with E-state index in [0.717, 1.165) is 24.2 Å². The average molecular weight is 440 g/mol. The van der Waals surface area contributed by atoms with Crippen LogP contribution in [0.2, 0.25) is 0 Å². The van der Waals surface area contributed by atoms with E-state index in [1.54, 1.807) is 42.7 Å². The lowest BCUT2D eigenvalue weighted by Crippen LogP contribution is -2.51. The Bertz CT molecular complexity index is 1160. The van der Waals surface area contributed by atoms with Gasteiger partial charge in [-0.2, -0.15) is 4.31 Å². The van der Waals surface area contributed by atoms with Gasteiger partial charge in [-0.3, -0.25) is 9.36 Å². The van der Waals surface area contributed by atoms with Crippen LogP contribution >= 0.6 is 0 Å². The molecule has 1 aliphatic heterocycles. The third-order valence-electron chi connectivity index (χ3n) is 5.48. The molecule has 8 nitrogen and oxygen atoms in total. The second-order valence-electron chi connectivity index (χ2n) is 7.49. The summed E-state index contributed by atoms with van der Waals surface area (Å²) in [5.41, 5.74) is 0.824. The molecule has 1 atom stereocenters. The summed E-state index contributed by atoms with van der Waals surface area (Å²) in [5.74, 6) is 1.19. The minimum Gasteiger partial charge on any atom is -0.350 e. The van der Waals surface area contributed by atoms with Crippen molar-refractivity contribution in [3.05, 3.63) is 72.4 Å². The molecule has 162 valence electrons. The molecule has 0 radical (unpaired) electrons. The van der Waals surface area contributed by atoms with Crippen molar-refractivity contribution < 1.29 is 13.2 Å². The second kappa shape index (κ2) is 8.99. The van der Waals surface area contributed by atoms with Crippen molar-refractivity contribution >= 4 is 15.9 Å². The molecule has 1 unspecified atom stereocenters. The van der Waals surface area contributed by atoms with E-state index in [0.29, 0.717) is 18.8 Å². The summed E-state index contributed by atoms with van der Waals surface area (Å²) in [6.45, 7) is 2.46. The van der Waals surface area contributed by atoms with E-state index in [2.05, 4.69) is 15.3 Å². The molecule has 2 aromatic heterocycles. The lowest BCUT2D eigenvalue weighted by atomic mass is 10.0. The van der Waals surface area contributed by atoms with Crippen LogP contribution in [0.4, 0.5) is 0 Å². The zero-order valence-corrected chi connectivity index (χ0v) is 18.1. The summed E-state index contributed by atoms with van der Waals surface area (Å²) in [6.07, 6.45) is 7.25. The summed E-state index contributed by atoms with van der Waals surface area (Å²) in [6, 6.07) is 11.2. The van der Waals surface area contributed by atoms with Crippen LogP contribution in [0.25, 0.3) is 5.82 Å². The normalized spacial score (nSPS) is 17.4. The number of carbonyl (C=O) groups excluding carboxylic acids is 1. The highest BCUT2D eigenvalue weighted by Crippen LogP contribution is 2.25. The zero-order valence-electron chi connectivity index (χ0n) is 17.3. The maximum atomic E-state index is 13.1. The maximum Gasteiger partial charge on any atom is 0.243 e. The molecule has 0 bridgehead atoms. The molecule has 1 amide bonds. The Balaban J connectivity index is 1.53. The van der Waals surface area contributed by atoms with Crippen molar-refractivity contribution in [2.45, 2.75) is 43.7 Å². The number of aryl methyl sites for hydroxylation is 1. The number of rotatable bonds is 6.